The van der Waals surface area contributed by atoms with Crippen LogP contribution in [0.25, 0.3) is 0 Å². The van der Waals surface area contributed by atoms with E-state index in [2.05, 4.69) is 34.2 Å². The van der Waals surface area contributed by atoms with Crippen molar-refractivity contribution < 1.29 is 14.3 Å². The predicted octanol–water partition coefficient (Wildman–Crippen LogP) is 4.04. The topological polar surface area (TPSA) is 77.1 Å². The van der Waals surface area contributed by atoms with Crippen LogP contribution in [0, 0.1) is 0 Å². The molecule has 0 aliphatic heterocycles. The maximum atomic E-state index is 11.7. The molecule has 1 atom stereocenters. The van der Waals surface area contributed by atoms with Crippen molar-refractivity contribution in [1.29, 1.82) is 0 Å². The first-order valence-corrected chi connectivity index (χ1v) is 9.41. The minimum atomic E-state index is -0.348. The molecule has 1 N–H and O–H groups in total. The summed E-state index contributed by atoms with van der Waals surface area (Å²) in [6.07, 6.45) is 2.37. The molecule has 0 radical (unpaired) electrons. The fraction of sp³-hybridized carbons (Fsp3) is 0.250. The average molecular weight is 383 g/mol. The molecule has 0 bridgehead atoms. The van der Waals surface area contributed by atoms with Gasteiger partial charge in [-0.25, -0.2) is 9.78 Å². The lowest BCUT2D eigenvalue weighted by Crippen LogP contribution is -2.05. The number of nitrogens with zero attached hydrogens (tertiary/aromatic N) is 2. The van der Waals surface area contributed by atoms with E-state index in [1.165, 1.54) is 24.6 Å². The van der Waals surface area contributed by atoms with Gasteiger partial charge in [0, 0.05) is 0 Å². The third-order valence-corrected chi connectivity index (χ3v) is 5.45. The van der Waals surface area contributed by atoms with E-state index < -0.39 is 0 Å². The van der Waals surface area contributed by atoms with Gasteiger partial charge in [0.25, 0.3) is 0 Å². The zero-order chi connectivity index (χ0) is 19.2. The van der Waals surface area contributed by atoms with Crippen LogP contribution >= 0.6 is 11.8 Å². The number of rotatable bonds is 7. The van der Waals surface area contributed by atoms with Gasteiger partial charge in [0.15, 0.2) is 5.16 Å². The highest BCUT2D eigenvalue weighted by atomic mass is 32.2. The van der Waals surface area contributed by atoms with Crippen molar-refractivity contribution in [1.82, 2.24) is 15.2 Å². The first-order valence-electron chi connectivity index (χ1n) is 8.53. The molecule has 0 saturated carbocycles. The molecule has 0 spiro atoms. The lowest BCUT2D eigenvalue weighted by Gasteiger charge is -2.20. The highest BCUT2D eigenvalue weighted by Crippen LogP contribution is 2.41. The molecular formula is C20H21N3O3S. The van der Waals surface area contributed by atoms with Crippen molar-refractivity contribution in [3.05, 3.63) is 71.0 Å². The van der Waals surface area contributed by atoms with Gasteiger partial charge in [0.2, 0.25) is 0 Å². The van der Waals surface area contributed by atoms with E-state index in [4.69, 9.17) is 9.47 Å². The van der Waals surface area contributed by atoms with E-state index in [1.807, 2.05) is 18.2 Å². The predicted molar refractivity (Wildman–Crippen MR) is 104 cm³/mol. The molecular weight excluding hydrogens is 362 g/mol. The fourth-order valence-electron chi connectivity index (χ4n) is 2.86. The monoisotopic (exact) mass is 383 g/mol. The first kappa shape index (κ1) is 19.0. The molecule has 0 amide bonds. The number of carbonyl (C=O) groups is 1. The van der Waals surface area contributed by atoms with E-state index >= 15 is 0 Å². The Labute approximate surface area is 162 Å². The second-order valence-corrected chi connectivity index (χ2v) is 6.91. The van der Waals surface area contributed by atoms with Crippen LogP contribution in [0.3, 0.4) is 0 Å². The Morgan fingerprint density at radius 3 is 2.56 bits per heavy atom. The number of ether oxygens (including phenoxy) is 2. The van der Waals surface area contributed by atoms with Gasteiger partial charge in [-0.3, -0.25) is 5.10 Å². The van der Waals surface area contributed by atoms with Crippen LogP contribution < -0.4 is 4.74 Å². The van der Waals surface area contributed by atoms with Crippen LogP contribution in [0.1, 0.15) is 39.2 Å². The molecule has 7 heteroatoms. The van der Waals surface area contributed by atoms with Gasteiger partial charge >= 0.3 is 5.97 Å². The zero-order valence-electron chi connectivity index (χ0n) is 15.4. The number of nitrogens with one attached hydrogen (secondary N) is 1. The third kappa shape index (κ3) is 4.31. The van der Waals surface area contributed by atoms with E-state index in [-0.39, 0.29) is 11.2 Å². The Morgan fingerprint density at radius 1 is 1.19 bits per heavy atom. The van der Waals surface area contributed by atoms with Crippen molar-refractivity contribution in [3.63, 3.8) is 0 Å². The van der Waals surface area contributed by atoms with Gasteiger partial charge in [-0.05, 0) is 47.4 Å². The highest BCUT2D eigenvalue weighted by molar-refractivity contribution is 7.99. The van der Waals surface area contributed by atoms with Gasteiger partial charge in [-0.1, -0.05) is 36.9 Å². The van der Waals surface area contributed by atoms with Crippen LogP contribution in [0.2, 0.25) is 0 Å². The number of thioether (sulfide) groups is 1. The lowest BCUT2D eigenvalue weighted by molar-refractivity contribution is 0.0600. The number of benzene rings is 2. The summed E-state index contributed by atoms with van der Waals surface area (Å²) < 4.78 is 10.2. The van der Waals surface area contributed by atoms with Crippen molar-refractivity contribution in [3.8, 4) is 5.75 Å². The van der Waals surface area contributed by atoms with Crippen LogP contribution in [-0.4, -0.2) is 35.4 Å². The van der Waals surface area contributed by atoms with Crippen LogP contribution in [0.15, 0.2) is 53.9 Å². The molecule has 3 rings (SSSR count). The number of methoxy groups -OCH3 is 2. The maximum absolute atomic E-state index is 11.7. The number of esters is 1. The molecule has 1 aromatic heterocycles. The molecule has 140 valence electrons. The summed E-state index contributed by atoms with van der Waals surface area (Å²) >= 11 is 1.58. The molecule has 2 aromatic carbocycles. The fourth-order valence-corrected chi connectivity index (χ4v) is 3.94. The summed E-state index contributed by atoms with van der Waals surface area (Å²) in [4.78, 5) is 16.0. The number of H-pyrrole nitrogens is 1. The van der Waals surface area contributed by atoms with Crippen LogP contribution in [0.4, 0.5) is 0 Å². The third-order valence-electron chi connectivity index (χ3n) is 4.27. The molecule has 27 heavy (non-hydrogen) atoms. The van der Waals surface area contributed by atoms with Gasteiger partial charge in [0.1, 0.15) is 12.1 Å². The quantitative estimate of drug-likeness (QED) is 0.490. The molecule has 6 nitrogen and oxygen atoms in total. The van der Waals surface area contributed by atoms with E-state index in [0.29, 0.717) is 5.56 Å². The largest absolute Gasteiger partial charge is 0.497 e. The van der Waals surface area contributed by atoms with Gasteiger partial charge in [-0.15, -0.1) is 0 Å². The van der Waals surface area contributed by atoms with Gasteiger partial charge in [-0.2, -0.15) is 5.10 Å². The Hall–Kier alpha value is -2.80. The number of aryl methyl sites for hydroxylation is 1. The summed E-state index contributed by atoms with van der Waals surface area (Å²) in [5.74, 6) is 0.486. The minimum absolute atomic E-state index is 0.00879. The normalized spacial score (nSPS) is 11.8. The highest BCUT2D eigenvalue weighted by Gasteiger charge is 2.21. The Morgan fingerprint density at radius 2 is 1.96 bits per heavy atom. The molecule has 0 saturated heterocycles. The number of hydrogen-bond donors (Lipinski definition) is 1. The minimum Gasteiger partial charge on any atom is -0.497 e. The van der Waals surface area contributed by atoms with E-state index in [9.17, 15) is 4.79 Å². The summed E-state index contributed by atoms with van der Waals surface area (Å²) in [5, 5.41) is 7.57. The van der Waals surface area contributed by atoms with Crippen LogP contribution in [-0.2, 0) is 11.2 Å². The van der Waals surface area contributed by atoms with E-state index in [0.717, 1.165) is 22.9 Å². The Balaban J connectivity index is 2.02. The second kappa shape index (κ2) is 8.73. The van der Waals surface area contributed by atoms with Crippen molar-refractivity contribution in [2.24, 2.45) is 0 Å². The number of aromatic amines is 1. The van der Waals surface area contributed by atoms with Crippen molar-refractivity contribution in [2.75, 3.05) is 14.2 Å². The van der Waals surface area contributed by atoms with Gasteiger partial charge < -0.3 is 9.47 Å². The number of carbonyl (C=O) groups excluding carboxylic acids is 1. The Kier molecular flexibility index (Phi) is 6.13. The average Bonchev–Trinajstić information content (AvgIpc) is 3.24. The first-order chi connectivity index (χ1) is 13.2. The van der Waals surface area contributed by atoms with E-state index in [1.54, 1.807) is 31.0 Å². The summed E-state index contributed by atoms with van der Waals surface area (Å²) in [6.45, 7) is 2.12. The smallest absolute Gasteiger partial charge is 0.337 e. The number of hydrogen-bond acceptors (Lipinski definition) is 6. The SMILES string of the molecule is CCc1cc(OC)ccc1C(Sc1ncn[nH]1)c1ccc(C(=O)OC)cc1. The van der Waals surface area contributed by atoms with Gasteiger partial charge in [0.05, 0.1) is 25.0 Å². The Bertz CT molecular complexity index is 895. The molecule has 1 heterocycles. The molecule has 0 aliphatic carbocycles. The standard InChI is InChI=1S/C20H21N3O3S/c1-4-13-11-16(25-2)9-10-17(13)18(27-20-21-12-22-23-20)14-5-7-15(8-6-14)19(24)26-3/h5-12,18H,4H2,1-3H3,(H,21,22,23). The van der Waals surface area contributed by atoms with Crippen molar-refractivity contribution in [2.45, 2.75) is 23.8 Å². The molecule has 0 aliphatic rings. The summed E-state index contributed by atoms with van der Waals surface area (Å²) in [7, 11) is 3.05. The lowest BCUT2D eigenvalue weighted by atomic mass is 9.97. The van der Waals surface area contributed by atoms with Crippen LogP contribution in [0.5, 0.6) is 5.75 Å². The van der Waals surface area contributed by atoms with Crippen molar-refractivity contribution >= 4 is 17.7 Å². The molecule has 1 unspecified atom stereocenters. The summed E-state index contributed by atoms with van der Waals surface area (Å²) in [6, 6.07) is 13.6. The summed E-state index contributed by atoms with van der Waals surface area (Å²) in [5.41, 5.74) is 3.95. The second-order valence-electron chi connectivity index (χ2n) is 5.82. The molecule has 0 fully saturated rings. The maximum Gasteiger partial charge on any atom is 0.337 e. The molecule has 3 aromatic rings. The zero-order valence-corrected chi connectivity index (χ0v) is 16.2. The number of aromatic nitrogens is 3.